The van der Waals surface area contributed by atoms with Crippen molar-refractivity contribution < 1.29 is 9.53 Å². The lowest BCUT2D eigenvalue weighted by atomic mass is 9.62. The van der Waals surface area contributed by atoms with Crippen molar-refractivity contribution >= 4 is 12.0 Å². The van der Waals surface area contributed by atoms with Crippen LogP contribution in [0, 0.1) is 12.8 Å². The summed E-state index contributed by atoms with van der Waals surface area (Å²) in [7, 11) is 1.44. The number of hydrogen-bond donors (Lipinski definition) is 0. The van der Waals surface area contributed by atoms with Gasteiger partial charge in [-0.1, -0.05) is 63.6 Å². The van der Waals surface area contributed by atoms with E-state index < -0.39 is 0 Å². The number of aryl methyl sites for hydroxylation is 1. The predicted octanol–water partition coefficient (Wildman–Crippen LogP) is 7.27. The first-order chi connectivity index (χ1) is 15.1. The standard InChI is InChI=1S/C30H36O2/c1-19-14-24-25(29(4,5)13-12-28(24,2)3)17-23(19)30-11-10-21(26(30)18-30)15-20-8-7-9-22(16-20)27(31)32-6/h7-9,14-17,26H,10-13,18H2,1-6H3. The molecule has 5 rings (SSSR count). The van der Waals surface area contributed by atoms with E-state index in [-0.39, 0.29) is 16.8 Å². The molecule has 3 aliphatic carbocycles. The normalized spacial score (nSPS) is 28.2. The van der Waals surface area contributed by atoms with Crippen LogP contribution in [-0.4, -0.2) is 13.1 Å². The molecule has 0 aromatic heterocycles. The van der Waals surface area contributed by atoms with Gasteiger partial charge in [0.1, 0.15) is 0 Å². The summed E-state index contributed by atoms with van der Waals surface area (Å²) in [6, 6.07) is 12.9. The van der Waals surface area contributed by atoms with Crippen molar-refractivity contribution in [1.82, 2.24) is 0 Å². The lowest BCUT2D eigenvalue weighted by Crippen LogP contribution is -2.34. The van der Waals surface area contributed by atoms with Crippen LogP contribution in [0.25, 0.3) is 6.08 Å². The minimum Gasteiger partial charge on any atom is -0.465 e. The Labute approximate surface area is 193 Å². The third-order valence-electron chi connectivity index (χ3n) is 8.78. The fourth-order valence-corrected chi connectivity index (χ4v) is 6.56. The Morgan fingerprint density at radius 3 is 2.31 bits per heavy atom. The zero-order valence-electron chi connectivity index (χ0n) is 20.5. The zero-order chi connectivity index (χ0) is 22.9. The summed E-state index contributed by atoms with van der Waals surface area (Å²) in [6.07, 6.45) is 8.50. The molecule has 0 aliphatic heterocycles. The third-order valence-corrected chi connectivity index (χ3v) is 8.78. The molecule has 2 saturated carbocycles. The van der Waals surface area contributed by atoms with Crippen molar-refractivity contribution in [3.8, 4) is 0 Å². The van der Waals surface area contributed by atoms with E-state index in [1.165, 1.54) is 38.4 Å². The van der Waals surface area contributed by atoms with Gasteiger partial charge >= 0.3 is 5.97 Å². The number of fused-ring (bicyclic) bond motifs is 2. The fraction of sp³-hybridized carbons (Fsp3) is 0.500. The number of esters is 1. The minimum atomic E-state index is -0.271. The van der Waals surface area contributed by atoms with E-state index in [2.05, 4.69) is 58.9 Å². The van der Waals surface area contributed by atoms with E-state index >= 15 is 0 Å². The second-order valence-corrected chi connectivity index (χ2v) is 11.7. The number of allylic oxidation sites excluding steroid dienone is 1. The Morgan fingerprint density at radius 2 is 1.66 bits per heavy atom. The van der Waals surface area contributed by atoms with Gasteiger partial charge in [-0.25, -0.2) is 4.79 Å². The summed E-state index contributed by atoms with van der Waals surface area (Å²) in [4.78, 5) is 11.9. The molecule has 2 fully saturated rings. The molecule has 0 amide bonds. The van der Waals surface area contributed by atoms with Gasteiger partial charge in [-0.2, -0.15) is 0 Å². The van der Waals surface area contributed by atoms with Crippen LogP contribution in [0.5, 0.6) is 0 Å². The van der Waals surface area contributed by atoms with Crippen LogP contribution in [-0.2, 0) is 21.0 Å². The smallest absolute Gasteiger partial charge is 0.337 e. The molecule has 2 atom stereocenters. The molecule has 3 aliphatic rings. The molecular formula is C30H36O2. The van der Waals surface area contributed by atoms with Crippen LogP contribution in [0.4, 0.5) is 0 Å². The van der Waals surface area contributed by atoms with Crippen LogP contribution < -0.4 is 0 Å². The maximum absolute atomic E-state index is 11.9. The molecule has 32 heavy (non-hydrogen) atoms. The first kappa shape index (κ1) is 21.5. The maximum Gasteiger partial charge on any atom is 0.337 e. The van der Waals surface area contributed by atoms with Gasteiger partial charge in [0.2, 0.25) is 0 Å². The lowest BCUT2D eigenvalue weighted by molar-refractivity contribution is 0.0600. The fourth-order valence-electron chi connectivity index (χ4n) is 6.56. The van der Waals surface area contributed by atoms with Crippen molar-refractivity contribution in [2.45, 2.75) is 83.0 Å². The molecule has 0 N–H and O–H groups in total. The highest BCUT2D eigenvalue weighted by molar-refractivity contribution is 5.90. The summed E-state index contributed by atoms with van der Waals surface area (Å²) in [5.41, 5.74) is 10.3. The maximum atomic E-state index is 11.9. The number of carbonyl (C=O) groups is 1. The third kappa shape index (κ3) is 3.26. The summed E-state index contributed by atoms with van der Waals surface area (Å²) in [5, 5.41) is 0. The SMILES string of the molecule is COC(=O)c1cccc(C=C2CCC3(c4cc5c(cc4C)C(C)(C)CCC5(C)C)CC23)c1. The molecule has 168 valence electrons. The largest absolute Gasteiger partial charge is 0.465 e. The molecule has 0 heterocycles. The Bertz CT molecular complexity index is 1130. The summed E-state index contributed by atoms with van der Waals surface area (Å²) >= 11 is 0. The van der Waals surface area contributed by atoms with E-state index in [9.17, 15) is 4.79 Å². The monoisotopic (exact) mass is 428 g/mol. The molecule has 0 radical (unpaired) electrons. The van der Waals surface area contributed by atoms with Crippen molar-refractivity contribution in [2.75, 3.05) is 7.11 Å². The van der Waals surface area contributed by atoms with Gasteiger partial charge in [-0.05, 0) is 95.7 Å². The molecule has 0 bridgehead atoms. The number of benzene rings is 2. The molecule has 2 aromatic carbocycles. The summed E-state index contributed by atoms with van der Waals surface area (Å²) in [5.74, 6) is 0.369. The van der Waals surface area contributed by atoms with Crippen LogP contribution >= 0.6 is 0 Å². The molecule has 2 unspecified atom stereocenters. The van der Waals surface area contributed by atoms with E-state index in [0.29, 0.717) is 16.9 Å². The first-order valence-electron chi connectivity index (χ1n) is 12.1. The number of carbonyl (C=O) groups excluding carboxylic acids is 1. The quantitative estimate of drug-likeness (QED) is 0.481. The van der Waals surface area contributed by atoms with Gasteiger partial charge in [0.05, 0.1) is 12.7 Å². The topological polar surface area (TPSA) is 26.3 Å². The van der Waals surface area contributed by atoms with Gasteiger partial charge in [0.25, 0.3) is 0 Å². The van der Waals surface area contributed by atoms with Gasteiger partial charge < -0.3 is 4.74 Å². The highest BCUT2D eigenvalue weighted by Gasteiger charge is 2.60. The summed E-state index contributed by atoms with van der Waals surface area (Å²) < 4.78 is 4.89. The molecule has 2 nitrogen and oxygen atoms in total. The number of methoxy groups -OCH3 is 1. The van der Waals surface area contributed by atoms with Gasteiger partial charge in [0, 0.05) is 5.41 Å². The average Bonchev–Trinajstić information content (AvgIpc) is 3.40. The van der Waals surface area contributed by atoms with Crippen LogP contribution in [0.1, 0.15) is 98.0 Å². The second-order valence-electron chi connectivity index (χ2n) is 11.7. The van der Waals surface area contributed by atoms with E-state index in [0.717, 1.165) is 12.0 Å². The molecule has 0 spiro atoms. The number of hydrogen-bond acceptors (Lipinski definition) is 2. The Kier molecular flexibility index (Phi) is 4.75. The average molecular weight is 429 g/mol. The van der Waals surface area contributed by atoms with E-state index in [1.807, 2.05) is 18.2 Å². The number of ether oxygens (including phenoxy) is 1. The Morgan fingerprint density at radius 1 is 0.969 bits per heavy atom. The van der Waals surface area contributed by atoms with Crippen molar-refractivity contribution in [3.05, 3.63) is 75.4 Å². The number of rotatable bonds is 3. The highest BCUT2D eigenvalue weighted by atomic mass is 16.5. The van der Waals surface area contributed by atoms with Crippen LogP contribution in [0.3, 0.4) is 0 Å². The minimum absolute atomic E-state index is 0.250. The predicted molar refractivity (Wildman–Crippen MR) is 131 cm³/mol. The zero-order valence-corrected chi connectivity index (χ0v) is 20.5. The molecule has 0 saturated heterocycles. The lowest BCUT2D eigenvalue weighted by Gasteiger charge is -2.43. The van der Waals surface area contributed by atoms with Crippen LogP contribution in [0.15, 0.2) is 42.0 Å². The van der Waals surface area contributed by atoms with E-state index in [4.69, 9.17) is 4.74 Å². The van der Waals surface area contributed by atoms with Gasteiger partial charge in [-0.15, -0.1) is 0 Å². The Balaban J connectivity index is 1.49. The first-order valence-corrected chi connectivity index (χ1v) is 12.1. The summed E-state index contributed by atoms with van der Waals surface area (Å²) in [6.45, 7) is 12.0. The van der Waals surface area contributed by atoms with Crippen molar-refractivity contribution in [1.29, 1.82) is 0 Å². The molecular weight excluding hydrogens is 392 g/mol. The Hall–Kier alpha value is -2.35. The van der Waals surface area contributed by atoms with Crippen LogP contribution in [0.2, 0.25) is 0 Å². The van der Waals surface area contributed by atoms with E-state index in [1.54, 1.807) is 22.3 Å². The van der Waals surface area contributed by atoms with Gasteiger partial charge in [0.15, 0.2) is 0 Å². The van der Waals surface area contributed by atoms with Gasteiger partial charge in [-0.3, -0.25) is 0 Å². The van der Waals surface area contributed by atoms with Crippen molar-refractivity contribution in [2.24, 2.45) is 5.92 Å². The van der Waals surface area contributed by atoms with Crippen molar-refractivity contribution in [3.63, 3.8) is 0 Å². The second kappa shape index (κ2) is 7.07. The molecule has 2 aromatic rings. The highest BCUT2D eigenvalue weighted by Crippen LogP contribution is 2.68. The molecule has 2 heteroatoms.